The molecular formula is C18H27ClN4O2. The Labute approximate surface area is 155 Å². The molecule has 1 aromatic heterocycles. The topological polar surface area (TPSA) is 68.2 Å². The molecule has 0 aliphatic rings. The van der Waals surface area contributed by atoms with Crippen LogP contribution in [-0.4, -0.2) is 42.5 Å². The Hall–Kier alpha value is -1.89. The summed E-state index contributed by atoms with van der Waals surface area (Å²) in [7, 11) is 1.64. The Morgan fingerprint density at radius 1 is 1.24 bits per heavy atom. The molecular weight excluding hydrogens is 340 g/mol. The summed E-state index contributed by atoms with van der Waals surface area (Å²) in [6.45, 7) is 6.81. The van der Waals surface area contributed by atoms with Gasteiger partial charge in [-0.05, 0) is 19.4 Å². The highest BCUT2D eigenvalue weighted by molar-refractivity contribution is 5.85. The highest BCUT2D eigenvalue weighted by Crippen LogP contribution is 2.14. The third kappa shape index (κ3) is 6.49. The maximum absolute atomic E-state index is 11.9. The van der Waals surface area contributed by atoms with E-state index in [4.69, 9.17) is 4.74 Å². The van der Waals surface area contributed by atoms with Crippen LogP contribution >= 0.6 is 12.4 Å². The van der Waals surface area contributed by atoms with E-state index in [1.54, 1.807) is 7.11 Å². The fourth-order valence-corrected chi connectivity index (χ4v) is 2.53. The molecule has 1 amide bonds. The zero-order valence-electron chi connectivity index (χ0n) is 15.0. The molecule has 0 bridgehead atoms. The second-order valence-corrected chi connectivity index (χ2v) is 5.74. The zero-order valence-corrected chi connectivity index (χ0v) is 15.9. The molecule has 0 saturated carbocycles. The molecule has 2 aromatic rings. The van der Waals surface area contributed by atoms with Crippen molar-refractivity contribution in [1.82, 2.24) is 20.4 Å². The minimum absolute atomic E-state index is 0. The van der Waals surface area contributed by atoms with Gasteiger partial charge in [-0.2, -0.15) is 5.10 Å². The predicted octanol–water partition coefficient (Wildman–Crippen LogP) is 1.82. The number of carbonyl (C=O) groups is 1. The quantitative estimate of drug-likeness (QED) is 0.664. The molecule has 6 nitrogen and oxygen atoms in total. The number of aromatic nitrogens is 2. The zero-order chi connectivity index (χ0) is 17.4. The number of aryl methyl sites for hydroxylation is 1. The van der Waals surface area contributed by atoms with Gasteiger partial charge in [-0.15, -0.1) is 12.4 Å². The molecule has 0 fully saturated rings. The molecule has 0 aliphatic carbocycles. The summed E-state index contributed by atoms with van der Waals surface area (Å²) in [5.41, 5.74) is 4.33. The van der Waals surface area contributed by atoms with Gasteiger partial charge in [-0.25, -0.2) is 0 Å². The minimum atomic E-state index is -0.0271. The van der Waals surface area contributed by atoms with Gasteiger partial charge in [-0.3, -0.25) is 9.48 Å². The van der Waals surface area contributed by atoms with Crippen LogP contribution in [0.15, 0.2) is 30.3 Å². The molecule has 2 N–H and O–H groups in total. The van der Waals surface area contributed by atoms with Gasteiger partial charge in [-0.1, -0.05) is 30.3 Å². The Morgan fingerprint density at radius 2 is 1.96 bits per heavy atom. The number of benzene rings is 1. The molecule has 0 radical (unpaired) electrons. The van der Waals surface area contributed by atoms with Crippen LogP contribution in [-0.2, 0) is 22.6 Å². The maximum Gasteiger partial charge on any atom is 0.234 e. The predicted molar refractivity (Wildman–Crippen MR) is 101 cm³/mol. The molecule has 0 spiro atoms. The number of ether oxygens (including phenoxy) is 1. The Morgan fingerprint density at radius 3 is 2.64 bits per heavy atom. The number of nitrogens with one attached hydrogen (secondary N) is 2. The molecule has 25 heavy (non-hydrogen) atoms. The lowest BCUT2D eigenvalue weighted by molar-refractivity contribution is -0.120. The van der Waals surface area contributed by atoms with E-state index < -0.39 is 0 Å². The van der Waals surface area contributed by atoms with Crippen molar-refractivity contribution < 1.29 is 9.53 Å². The fourth-order valence-electron chi connectivity index (χ4n) is 2.53. The second kappa shape index (κ2) is 10.9. The van der Waals surface area contributed by atoms with Crippen LogP contribution in [0.2, 0.25) is 0 Å². The number of carbonyl (C=O) groups excluding carboxylic acids is 1. The SMILES string of the molecule is COCCNCC(=O)NCc1c(C)nn(Cc2ccccc2)c1C.Cl. The van der Waals surface area contributed by atoms with Crippen LogP contribution in [0.4, 0.5) is 0 Å². The number of halogens is 1. The molecule has 0 unspecified atom stereocenters. The van der Waals surface area contributed by atoms with Crippen molar-refractivity contribution in [2.75, 3.05) is 26.8 Å². The lowest BCUT2D eigenvalue weighted by atomic mass is 10.2. The third-order valence-electron chi connectivity index (χ3n) is 3.94. The normalized spacial score (nSPS) is 10.4. The van der Waals surface area contributed by atoms with Crippen molar-refractivity contribution >= 4 is 18.3 Å². The van der Waals surface area contributed by atoms with E-state index in [-0.39, 0.29) is 18.3 Å². The first kappa shape index (κ1) is 21.2. The van der Waals surface area contributed by atoms with Gasteiger partial charge in [0, 0.05) is 31.5 Å². The Kier molecular flexibility index (Phi) is 9.20. The lowest BCUT2D eigenvalue weighted by Gasteiger charge is -2.08. The third-order valence-corrected chi connectivity index (χ3v) is 3.94. The Balaban J connectivity index is 0.00000312. The lowest BCUT2D eigenvalue weighted by Crippen LogP contribution is -2.35. The van der Waals surface area contributed by atoms with Gasteiger partial charge in [0.05, 0.1) is 25.4 Å². The van der Waals surface area contributed by atoms with E-state index >= 15 is 0 Å². The summed E-state index contributed by atoms with van der Waals surface area (Å²) in [5.74, 6) is -0.0271. The van der Waals surface area contributed by atoms with Gasteiger partial charge in [0.25, 0.3) is 0 Å². The molecule has 1 aromatic carbocycles. The van der Waals surface area contributed by atoms with E-state index in [1.165, 1.54) is 5.56 Å². The number of nitrogens with zero attached hydrogens (tertiary/aromatic N) is 2. The average molecular weight is 367 g/mol. The summed E-state index contributed by atoms with van der Waals surface area (Å²) < 4.78 is 6.92. The van der Waals surface area contributed by atoms with Gasteiger partial charge >= 0.3 is 0 Å². The van der Waals surface area contributed by atoms with Crippen molar-refractivity contribution in [3.8, 4) is 0 Å². The first-order chi connectivity index (χ1) is 11.6. The first-order valence-corrected chi connectivity index (χ1v) is 8.15. The molecule has 0 aliphatic heterocycles. The monoisotopic (exact) mass is 366 g/mol. The highest BCUT2D eigenvalue weighted by atomic mass is 35.5. The van der Waals surface area contributed by atoms with Crippen molar-refractivity contribution in [3.05, 3.63) is 52.8 Å². The summed E-state index contributed by atoms with van der Waals surface area (Å²) in [6, 6.07) is 10.2. The molecule has 2 rings (SSSR count). The summed E-state index contributed by atoms with van der Waals surface area (Å²) in [6.07, 6.45) is 0. The summed E-state index contributed by atoms with van der Waals surface area (Å²) >= 11 is 0. The van der Waals surface area contributed by atoms with Gasteiger partial charge in [0.15, 0.2) is 0 Å². The van der Waals surface area contributed by atoms with E-state index in [1.807, 2.05) is 36.7 Å². The van der Waals surface area contributed by atoms with Crippen LogP contribution in [0.3, 0.4) is 0 Å². The van der Waals surface area contributed by atoms with Crippen molar-refractivity contribution in [2.24, 2.45) is 0 Å². The number of hydrogen-bond donors (Lipinski definition) is 2. The summed E-state index contributed by atoms with van der Waals surface area (Å²) in [4.78, 5) is 11.9. The van der Waals surface area contributed by atoms with E-state index in [9.17, 15) is 4.79 Å². The van der Waals surface area contributed by atoms with Crippen LogP contribution < -0.4 is 10.6 Å². The number of rotatable bonds is 9. The second-order valence-electron chi connectivity index (χ2n) is 5.74. The molecule has 138 valence electrons. The molecule has 0 atom stereocenters. The average Bonchev–Trinajstić information content (AvgIpc) is 2.84. The Bertz CT molecular complexity index is 659. The van der Waals surface area contributed by atoms with Crippen LogP contribution in [0.5, 0.6) is 0 Å². The largest absolute Gasteiger partial charge is 0.383 e. The molecule has 7 heteroatoms. The standard InChI is InChI=1S/C18H26N4O2.ClH/c1-14-17(11-20-18(23)12-19-9-10-24-3)15(2)22(21-14)13-16-7-5-4-6-8-16;/h4-8,19H,9-13H2,1-3H3,(H,20,23);1H. The fraction of sp³-hybridized carbons (Fsp3) is 0.444. The van der Waals surface area contributed by atoms with Gasteiger partial charge in [0.2, 0.25) is 5.91 Å². The number of methoxy groups -OCH3 is 1. The number of hydrogen-bond acceptors (Lipinski definition) is 4. The van der Waals surface area contributed by atoms with Crippen LogP contribution in [0.1, 0.15) is 22.5 Å². The van der Waals surface area contributed by atoms with E-state index in [0.29, 0.717) is 26.2 Å². The van der Waals surface area contributed by atoms with E-state index in [0.717, 1.165) is 23.5 Å². The van der Waals surface area contributed by atoms with Crippen molar-refractivity contribution in [2.45, 2.75) is 26.9 Å². The maximum atomic E-state index is 11.9. The minimum Gasteiger partial charge on any atom is -0.383 e. The van der Waals surface area contributed by atoms with Crippen molar-refractivity contribution in [3.63, 3.8) is 0 Å². The smallest absolute Gasteiger partial charge is 0.234 e. The van der Waals surface area contributed by atoms with Gasteiger partial charge in [0.1, 0.15) is 0 Å². The van der Waals surface area contributed by atoms with Gasteiger partial charge < -0.3 is 15.4 Å². The molecule has 1 heterocycles. The molecule has 0 saturated heterocycles. The van der Waals surface area contributed by atoms with Crippen LogP contribution in [0, 0.1) is 13.8 Å². The summed E-state index contributed by atoms with van der Waals surface area (Å²) in [5, 5.41) is 10.6. The van der Waals surface area contributed by atoms with Crippen molar-refractivity contribution in [1.29, 1.82) is 0 Å². The van der Waals surface area contributed by atoms with E-state index in [2.05, 4.69) is 27.9 Å². The first-order valence-electron chi connectivity index (χ1n) is 8.15. The number of amides is 1. The van der Waals surface area contributed by atoms with Crippen LogP contribution in [0.25, 0.3) is 0 Å². The highest BCUT2D eigenvalue weighted by Gasteiger charge is 2.12.